The first-order chi connectivity index (χ1) is 16.6. The van der Waals surface area contributed by atoms with Gasteiger partial charge < -0.3 is 14.4 Å². The van der Waals surface area contributed by atoms with Gasteiger partial charge in [0.1, 0.15) is 15.7 Å². The zero-order valence-electron chi connectivity index (χ0n) is 19.3. The van der Waals surface area contributed by atoms with Crippen molar-refractivity contribution < 1.29 is 14.3 Å². The average molecular weight is 492 g/mol. The van der Waals surface area contributed by atoms with Crippen LogP contribution in [-0.4, -0.2) is 47.3 Å². The molecule has 0 spiro atoms. The Kier molecular flexibility index (Phi) is 6.43. The summed E-state index contributed by atoms with van der Waals surface area (Å²) < 4.78 is 10.9. The van der Waals surface area contributed by atoms with E-state index in [2.05, 4.69) is 28.2 Å². The number of hydrogen-bond donors (Lipinski definition) is 0. The lowest BCUT2D eigenvalue weighted by Gasteiger charge is -2.29. The van der Waals surface area contributed by atoms with Gasteiger partial charge in [-0.2, -0.15) is 0 Å². The number of benzene rings is 2. The van der Waals surface area contributed by atoms with Crippen LogP contribution < -0.4 is 9.47 Å². The number of fused-ring (bicyclic) bond motifs is 2. The maximum Gasteiger partial charge on any atom is 0.233 e. The van der Waals surface area contributed by atoms with Crippen molar-refractivity contribution in [3.8, 4) is 21.9 Å². The van der Waals surface area contributed by atoms with Gasteiger partial charge in [0.25, 0.3) is 0 Å². The van der Waals surface area contributed by atoms with Crippen molar-refractivity contribution in [3.05, 3.63) is 65.5 Å². The quantitative estimate of drug-likeness (QED) is 0.267. The molecule has 5 rings (SSSR count). The van der Waals surface area contributed by atoms with Crippen molar-refractivity contribution >= 4 is 39.2 Å². The van der Waals surface area contributed by atoms with E-state index >= 15 is 0 Å². The summed E-state index contributed by atoms with van der Waals surface area (Å²) in [4.78, 5) is 26.4. The number of amides is 1. The molecule has 0 radical (unpaired) electrons. The molecule has 3 heterocycles. The second-order valence-electron chi connectivity index (χ2n) is 8.10. The fourth-order valence-corrected chi connectivity index (χ4v) is 6.27. The van der Waals surface area contributed by atoms with E-state index in [-0.39, 0.29) is 5.91 Å². The van der Waals surface area contributed by atoms with Gasteiger partial charge in [-0.25, -0.2) is 9.97 Å². The molecule has 0 saturated carbocycles. The lowest BCUT2D eigenvalue weighted by atomic mass is 9.99. The van der Waals surface area contributed by atoms with Gasteiger partial charge in [0, 0.05) is 23.4 Å². The van der Waals surface area contributed by atoms with E-state index in [9.17, 15) is 4.79 Å². The van der Waals surface area contributed by atoms with E-state index < -0.39 is 0 Å². The predicted octanol–water partition coefficient (Wildman–Crippen LogP) is 5.36. The molecular formula is C26H25N3O3S2. The number of nitrogens with zero attached hydrogens (tertiary/aromatic N) is 3. The van der Waals surface area contributed by atoms with Crippen LogP contribution in [0.5, 0.6) is 11.5 Å². The van der Waals surface area contributed by atoms with E-state index in [4.69, 9.17) is 9.47 Å². The molecule has 0 atom stereocenters. The molecule has 0 saturated heterocycles. The Morgan fingerprint density at radius 2 is 1.79 bits per heavy atom. The Hall–Kier alpha value is -3.10. The summed E-state index contributed by atoms with van der Waals surface area (Å²) in [6, 6.07) is 16.4. The van der Waals surface area contributed by atoms with E-state index in [1.54, 1.807) is 25.6 Å². The molecule has 34 heavy (non-hydrogen) atoms. The molecule has 8 heteroatoms. The highest BCUT2D eigenvalue weighted by atomic mass is 32.2. The molecule has 0 bridgehead atoms. The minimum absolute atomic E-state index is 0.105. The standard InChI is InChI=1S/C26H25N3O3S2/c1-16-27-25(20-13-23(34-26(20)28-16)17-7-5-4-6-8-17)33-15-24(30)29-10-9-18-11-21(31-2)22(32-3)12-19(18)14-29/h4-8,11-13H,9-10,14-15H2,1-3H3. The molecular weight excluding hydrogens is 466 g/mol. The number of carbonyl (C=O) groups is 1. The average Bonchev–Trinajstić information content (AvgIpc) is 3.30. The van der Waals surface area contributed by atoms with Crippen LogP contribution in [0.15, 0.2) is 53.6 Å². The molecule has 1 aliphatic heterocycles. The highest BCUT2D eigenvalue weighted by molar-refractivity contribution is 8.00. The summed E-state index contributed by atoms with van der Waals surface area (Å²) in [6.45, 7) is 3.16. The number of rotatable bonds is 6. The minimum Gasteiger partial charge on any atom is -0.493 e. The summed E-state index contributed by atoms with van der Waals surface area (Å²) >= 11 is 3.15. The van der Waals surface area contributed by atoms with Gasteiger partial charge in [0.2, 0.25) is 5.91 Å². The zero-order chi connectivity index (χ0) is 23.7. The second-order valence-corrected chi connectivity index (χ2v) is 10.1. The van der Waals surface area contributed by atoms with Gasteiger partial charge in [-0.1, -0.05) is 42.1 Å². The number of methoxy groups -OCH3 is 2. The summed E-state index contributed by atoms with van der Waals surface area (Å²) in [5.74, 6) is 2.58. The molecule has 0 aliphatic carbocycles. The smallest absolute Gasteiger partial charge is 0.233 e. The largest absolute Gasteiger partial charge is 0.493 e. The molecule has 2 aromatic heterocycles. The Balaban J connectivity index is 1.33. The van der Waals surface area contributed by atoms with Crippen LogP contribution in [0.2, 0.25) is 0 Å². The molecule has 174 valence electrons. The highest BCUT2D eigenvalue weighted by Gasteiger charge is 2.23. The van der Waals surface area contributed by atoms with E-state index in [1.165, 1.54) is 17.3 Å². The predicted molar refractivity (Wildman–Crippen MR) is 137 cm³/mol. The topological polar surface area (TPSA) is 64.6 Å². The van der Waals surface area contributed by atoms with Crippen molar-refractivity contribution in [2.75, 3.05) is 26.5 Å². The number of carbonyl (C=O) groups excluding carboxylic acids is 1. The van der Waals surface area contributed by atoms with Gasteiger partial charge >= 0.3 is 0 Å². The van der Waals surface area contributed by atoms with Crippen LogP contribution in [0.1, 0.15) is 17.0 Å². The van der Waals surface area contributed by atoms with Crippen molar-refractivity contribution in [1.82, 2.24) is 14.9 Å². The van der Waals surface area contributed by atoms with Crippen LogP contribution in [0, 0.1) is 6.92 Å². The third-order valence-corrected chi connectivity index (χ3v) is 7.98. The molecule has 0 N–H and O–H groups in total. The zero-order valence-corrected chi connectivity index (χ0v) is 21.0. The SMILES string of the molecule is COc1cc2c(cc1OC)CN(C(=O)CSc1nc(C)nc3sc(-c4ccccc4)cc13)CC2. The Morgan fingerprint density at radius 1 is 1.06 bits per heavy atom. The Morgan fingerprint density at radius 3 is 2.53 bits per heavy atom. The highest BCUT2D eigenvalue weighted by Crippen LogP contribution is 2.37. The molecule has 2 aromatic carbocycles. The van der Waals surface area contributed by atoms with Crippen molar-refractivity contribution in [2.45, 2.75) is 24.9 Å². The third-order valence-electron chi connectivity index (χ3n) is 5.93. The summed E-state index contributed by atoms with van der Waals surface area (Å²) in [7, 11) is 3.27. The monoisotopic (exact) mass is 491 g/mol. The lowest BCUT2D eigenvalue weighted by Crippen LogP contribution is -2.37. The lowest BCUT2D eigenvalue weighted by molar-refractivity contribution is -0.129. The van der Waals surface area contributed by atoms with Crippen molar-refractivity contribution in [2.24, 2.45) is 0 Å². The van der Waals surface area contributed by atoms with Gasteiger partial charge in [-0.15, -0.1) is 11.3 Å². The summed E-state index contributed by atoms with van der Waals surface area (Å²) in [5.41, 5.74) is 3.47. The minimum atomic E-state index is 0.105. The van der Waals surface area contributed by atoms with Crippen molar-refractivity contribution in [3.63, 3.8) is 0 Å². The first-order valence-electron chi connectivity index (χ1n) is 11.0. The molecule has 6 nitrogen and oxygen atoms in total. The van der Waals surface area contributed by atoms with Gasteiger partial charge in [-0.05, 0) is 48.2 Å². The number of thiophene rings is 1. The summed E-state index contributed by atoms with van der Waals surface area (Å²) in [5, 5.41) is 1.87. The first-order valence-corrected chi connectivity index (χ1v) is 12.8. The van der Waals surface area contributed by atoms with Crippen molar-refractivity contribution in [1.29, 1.82) is 0 Å². The maximum atomic E-state index is 13.1. The number of ether oxygens (including phenoxy) is 2. The Bertz CT molecular complexity index is 1350. The van der Waals surface area contributed by atoms with E-state index in [0.717, 1.165) is 49.2 Å². The first kappa shape index (κ1) is 22.7. The van der Waals surface area contributed by atoms with Gasteiger partial charge in [0.15, 0.2) is 11.5 Å². The number of hydrogen-bond acceptors (Lipinski definition) is 7. The number of thioether (sulfide) groups is 1. The number of aryl methyl sites for hydroxylation is 1. The maximum absolute atomic E-state index is 13.1. The second kappa shape index (κ2) is 9.64. The van der Waals surface area contributed by atoms with Crippen LogP contribution in [0.4, 0.5) is 0 Å². The third kappa shape index (κ3) is 4.48. The van der Waals surface area contributed by atoms with Gasteiger partial charge in [-0.3, -0.25) is 4.79 Å². The normalized spacial score (nSPS) is 13.1. The van der Waals surface area contributed by atoms with Crippen LogP contribution in [-0.2, 0) is 17.8 Å². The fraction of sp³-hybridized carbons (Fsp3) is 0.269. The van der Waals surface area contributed by atoms with E-state index in [0.29, 0.717) is 24.6 Å². The molecule has 4 aromatic rings. The number of aromatic nitrogens is 2. The van der Waals surface area contributed by atoms with Crippen LogP contribution >= 0.6 is 23.1 Å². The molecule has 1 aliphatic rings. The van der Waals surface area contributed by atoms with Gasteiger partial charge in [0.05, 0.1) is 20.0 Å². The Labute approximate surface area is 206 Å². The molecule has 0 fully saturated rings. The van der Waals surface area contributed by atoms with E-state index in [1.807, 2.05) is 42.2 Å². The molecule has 0 unspecified atom stereocenters. The van der Waals surface area contributed by atoms with Crippen LogP contribution in [0.3, 0.4) is 0 Å². The fourth-order valence-electron chi connectivity index (χ4n) is 4.17. The molecule has 1 amide bonds. The van der Waals surface area contributed by atoms with Crippen LogP contribution in [0.25, 0.3) is 20.7 Å². The summed E-state index contributed by atoms with van der Waals surface area (Å²) in [6.07, 6.45) is 0.800.